The molecule has 1 aromatic carbocycles. The van der Waals surface area contributed by atoms with Crippen molar-refractivity contribution in [1.82, 2.24) is 0 Å². The van der Waals surface area contributed by atoms with Crippen LogP contribution in [0.25, 0.3) is 0 Å². The molecule has 0 aliphatic rings. The van der Waals surface area contributed by atoms with Crippen LogP contribution in [0, 0.1) is 0 Å². The third-order valence-electron chi connectivity index (χ3n) is 2.45. The van der Waals surface area contributed by atoms with Crippen LogP contribution >= 0.6 is 0 Å². The van der Waals surface area contributed by atoms with Gasteiger partial charge in [0.25, 0.3) is 0 Å². The minimum atomic E-state index is -1.32. The van der Waals surface area contributed by atoms with Crippen molar-refractivity contribution in [3.8, 4) is 0 Å². The van der Waals surface area contributed by atoms with Crippen LogP contribution in [0.4, 0.5) is 0 Å². The van der Waals surface area contributed by atoms with Gasteiger partial charge in [0.1, 0.15) is 0 Å². The van der Waals surface area contributed by atoms with E-state index >= 15 is 0 Å². The van der Waals surface area contributed by atoms with Gasteiger partial charge in [0.05, 0.1) is 0 Å². The average molecular weight is 220 g/mol. The second-order valence-corrected chi connectivity index (χ2v) is 3.77. The summed E-state index contributed by atoms with van der Waals surface area (Å²) in [7, 11) is 0. The number of carboxylic acids is 1. The first-order valence-corrected chi connectivity index (χ1v) is 5.50. The second-order valence-electron chi connectivity index (χ2n) is 3.77. The van der Waals surface area contributed by atoms with Crippen LogP contribution in [0.3, 0.4) is 0 Å². The Kier molecular flexibility index (Phi) is 5.26. The Balaban J connectivity index is 2.09. The summed E-state index contributed by atoms with van der Waals surface area (Å²) < 4.78 is 0. The fourth-order valence-electron chi connectivity index (χ4n) is 1.54. The summed E-state index contributed by atoms with van der Waals surface area (Å²) in [5.41, 5.74) is 1.28. The standard InChI is InChI=1S/C13H16O3/c14-12(13(15)16)10-6-2-5-9-11-7-3-1-4-8-11/h1,3-4,7-8H,2,5-6,9-10H2,(H,15,16). The second kappa shape index (κ2) is 6.77. The fourth-order valence-corrected chi connectivity index (χ4v) is 1.54. The highest BCUT2D eigenvalue weighted by molar-refractivity contribution is 6.32. The molecule has 1 rings (SSSR count). The van der Waals surface area contributed by atoms with Gasteiger partial charge in [0.2, 0.25) is 5.78 Å². The maximum Gasteiger partial charge on any atom is 0.372 e. The molecule has 0 aromatic heterocycles. The molecule has 0 unspecified atom stereocenters. The molecule has 16 heavy (non-hydrogen) atoms. The lowest BCUT2D eigenvalue weighted by Gasteiger charge is -2.00. The van der Waals surface area contributed by atoms with Gasteiger partial charge < -0.3 is 5.11 Å². The van der Waals surface area contributed by atoms with Gasteiger partial charge in [-0.25, -0.2) is 4.79 Å². The highest BCUT2D eigenvalue weighted by Gasteiger charge is 2.09. The van der Waals surface area contributed by atoms with Gasteiger partial charge in [-0.3, -0.25) is 4.79 Å². The number of carbonyl (C=O) groups excluding carboxylic acids is 1. The number of carbonyl (C=O) groups is 2. The zero-order valence-electron chi connectivity index (χ0n) is 9.19. The van der Waals surface area contributed by atoms with Crippen molar-refractivity contribution in [1.29, 1.82) is 0 Å². The lowest BCUT2D eigenvalue weighted by Crippen LogP contribution is -2.11. The van der Waals surface area contributed by atoms with Gasteiger partial charge in [0, 0.05) is 6.42 Å². The molecule has 0 aliphatic heterocycles. The van der Waals surface area contributed by atoms with E-state index in [4.69, 9.17) is 5.11 Å². The van der Waals surface area contributed by atoms with E-state index in [0.717, 1.165) is 19.3 Å². The van der Waals surface area contributed by atoms with E-state index in [9.17, 15) is 9.59 Å². The topological polar surface area (TPSA) is 54.4 Å². The van der Waals surface area contributed by atoms with E-state index in [1.54, 1.807) is 0 Å². The first-order valence-electron chi connectivity index (χ1n) is 5.50. The molecule has 3 nitrogen and oxygen atoms in total. The SMILES string of the molecule is O=C(O)C(=O)CCCCCc1ccccc1. The molecule has 0 saturated heterocycles. The predicted octanol–water partition coefficient (Wildman–Crippen LogP) is 2.44. The number of hydrogen-bond acceptors (Lipinski definition) is 2. The zero-order valence-corrected chi connectivity index (χ0v) is 9.19. The summed E-state index contributed by atoms with van der Waals surface area (Å²) in [6, 6.07) is 10.1. The molecular formula is C13H16O3. The summed E-state index contributed by atoms with van der Waals surface area (Å²) in [5, 5.41) is 8.37. The van der Waals surface area contributed by atoms with Crippen molar-refractivity contribution < 1.29 is 14.7 Å². The van der Waals surface area contributed by atoms with E-state index in [2.05, 4.69) is 12.1 Å². The molecule has 86 valence electrons. The molecule has 0 bridgehead atoms. The molecule has 0 fully saturated rings. The molecule has 0 amide bonds. The van der Waals surface area contributed by atoms with Crippen molar-refractivity contribution in [2.75, 3.05) is 0 Å². The molecule has 3 heteroatoms. The summed E-state index contributed by atoms with van der Waals surface area (Å²) in [6.45, 7) is 0. The monoisotopic (exact) mass is 220 g/mol. The van der Waals surface area contributed by atoms with E-state index < -0.39 is 11.8 Å². The highest BCUT2D eigenvalue weighted by atomic mass is 16.4. The number of ketones is 1. The van der Waals surface area contributed by atoms with Crippen molar-refractivity contribution in [2.45, 2.75) is 32.1 Å². The third kappa shape index (κ3) is 4.73. The van der Waals surface area contributed by atoms with Gasteiger partial charge in [-0.1, -0.05) is 36.8 Å². The van der Waals surface area contributed by atoms with Gasteiger partial charge in [-0.15, -0.1) is 0 Å². The molecule has 1 N–H and O–H groups in total. The molecule has 1 aromatic rings. The predicted molar refractivity (Wildman–Crippen MR) is 61.3 cm³/mol. The maximum absolute atomic E-state index is 10.8. The lowest BCUT2D eigenvalue weighted by atomic mass is 10.1. The van der Waals surface area contributed by atoms with Crippen LogP contribution < -0.4 is 0 Å². The van der Waals surface area contributed by atoms with Crippen LogP contribution in [0.1, 0.15) is 31.2 Å². The molecule has 0 radical (unpaired) electrons. The van der Waals surface area contributed by atoms with Crippen molar-refractivity contribution >= 4 is 11.8 Å². The fraction of sp³-hybridized carbons (Fsp3) is 0.385. The van der Waals surface area contributed by atoms with Crippen LogP contribution in [0.2, 0.25) is 0 Å². The molecule has 0 aliphatic carbocycles. The number of hydrogen-bond donors (Lipinski definition) is 1. The van der Waals surface area contributed by atoms with Gasteiger partial charge >= 0.3 is 5.97 Å². The van der Waals surface area contributed by atoms with E-state index in [1.165, 1.54) is 5.56 Å². The van der Waals surface area contributed by atoms with Crippen molar-refractivity contribution in [2.24, 2.45) is 0 Å². The Morgan fingerprint density at radius 1 is 1.00 bits per heavy atom. The molecule has 0 atom stereocenters. The number of unbranched alkanes of at least 4 members (excludes halogenated alkanes) is 2. The number of rotatable bonds is 7. The van der Waals surface area contributed by atoms with E-state index in [-0.39, 0.29) is 6.42 Å². The molecule has 0 heterocycles. The van der Waals surface area contributed by atoms with Crippen LogP contribution in [0.5, 0.6) is 0 Å². The minimum Gasteiger partial charge on any atom is -0.476 e. The number of carboxylic acid groups (broad SMARTS) is 1. The molecular weight excluding hydrogens is 204 g/mol. The molecule has 0 saturated carbocycles. The maximum atomic E-state index is 10.8. The largest absolute Gasteiger partial charge is 0.476 e. The van der Waals surface area contributed by atoms with E-state index in [0.29, 0.717) is 6.42 Å². The first kappa shape index (κ1) is 12.4. The normalized spacial score (nSPS) is 10.0. The summed E-state index contributed by atoms with van der Waals surface area (Å²) >= 11 is 0. The van der Waals surface area contributed by atoms with Crippen LogP contribution in [-0.2, 0) is 16.0 Å². The number of aliphatic carboxylic acids is 1. The summed E-state index contributed by atoms with van der Waals surface area (Å²) in [4.78, 5) is 21.0. The highest BCUT2D eigenvalue weighted by Crippen LogP contribution is 2.07. The first-order chi connectivity index (χ1) is 7.70. The number of benzene rings is 1. The van der Waals surface area contributed by atoms with Gasteiger partial charge in [0.15, 0.2) is 0 Å². The lowest BCUT2D eigenvalue weighted by molar-refractivity contribution is -0.149. The Hall–Kier alpha value is -1.64. The summed E-state index contributed by atoms with van der Waals surface area (Å²) in [6.07, 6.45) is 3.70. The minimum absolute atomic E-state index is 0.157. The smallest absolute Gasteiger partial charge is 0.372 e. The molecule has 0 spiro atoms. The third-order valence-corrected chi connectivity index (χ3v) is 2.45. The average Bonchev–Trinajstić information content (AvgIpc) is 2.29. The van der Waals surface area contributed by atoms with E-state index in [1.807, 2.05) is 18.2 Å². The van der Waals surface area contributed by atoms with Crippen LogP contribution in [-0.4, -0.2) is 16.9 Å². The Morgan fingerprint density at radius 3 is 2.31 bits per heavy atom. The van der Waals surface area contributed by atoms with Crippen LogP contribution in [0.15, 0.2) is 30.3 Å². The zero-order chi connectivity index (χ0) is 11.8. The summed E-state index contributed by atoms with van der Waals surface area (Å²) in [5.74, 6) is -2.00. The van der Waals surface area contributed by atoms with Crippen molar-refractivity contribution in [3.63, 3.8) is 0 Å². The Labute approximate surface area is 95.1 Å². The van der Waals surface area contributed by atoms with Gasteiger partial charge in [-0.05, 0) is 24.8 Å². The Bertz CT molecular complexity index is 343. The number of Topliss-reactive ketones (excluding diaryl/α,β-unsaturated/α-hetero) is 1. The Morgan fingerprint density at radius 2 is 1.69 bits per heavy atom. The van der Waals surface area contributed by atoms with Gasteiger partial charge in [-0.2, -0.15) is 0 Å². The van der Waals surface area contributed by atoms with Crippen molar-refractivity contribution in [3.05, 3.63) is 35.9 Å². The quantitative estimate of drug-likeness (QED) is 0.567. The number of aryl methyl sites for hydroxylation is 1.